The van der Waals surface area contributed by atoms with Crippen LogP contribution in [-0.4, -0.2) is 90.7 Å². The second-order valence-corrected chi connectivity index (χ2v) is 9.48. The number of amides is 1. The Hall–Kier alpha value is -3.63. The Morgan fingerprint density at radius 2 is 1.92 bits per heavy atom. The van der Waals surface area contributed by atoms with E-state index in [9.17, 15) is 19.5 Å². The zero-order valence-electron chi connectivity index (χ0n) is 22.3. The molecule has 1 aromatic heterocycles. The molecule has 204 valence electrons. The molecule has 0 saturated carbocycles. The van der Waals surface area contributed by atoms with Gasteiger partial charge >= 0.3 is 5.97 Å². The second-order valence-electron chi connectivity index (χ2n) is 9.48. The summed E-state index contributed by atoms with van der Waals surface area (Å²) in [5, 5.41) is 11.6. The van der Waals surface area contributed by atoms with Gasteiger partial charge in [0.25, 0.3) is 11.7 Å². The van der Waals surface area contributed by atoms with Gasteiger partial charge in [-0.25, -0.2) is 4.79 Å². The van der Waals surface area contributed by atoms with E-state index in [1.807, 2.05) is 25.1 Å². The van der Waals surface area contributed by atoms with E-state index < -0.39 is 23.7 Å². The molecule has 1 aromatic carbocycles. The SMILES string of the molecule is CCCOc1cccc(C2/C(=C(\O)c3c(C)[nH]c(C(=O)OC)c3C)C(=O)C(=O)N2CCN2CCOCC2)c1. The number of aryl methyl sites for hydroxylation is 1. The number of carbonyl (C=O) groups is 3. The molecule has 0 bridgehead atoms. The van der Waals surface area contributed by atoms with E-state index >= 15 is 0 Å². The number of aromatic nitrogens is 1. The summed E-state index contributed by atoms with van der Waals surface area (Å²) >= 11 is 0. The van der Waals surface area contributed by atoms with Gasteiger partial charge < -0.3 is 29.2 Å². The first-order valence-electron chi connectivity index (χ1n) is 12.9. The van der Waals surface area contributed by atoms with E-state index in [0.29, 0.717) is 61.0 Å². The van der Waals surface area contributed by atoms with Crippen molar-refractivity contribution in [2.45, 2.75) is 33.2 Å². The molecule has 2 aromatic rings. The number of H-pyrrole nitrogens is 1. The van der Waals surface area contributed by atoms with Gasteiger partial charge in [0.05, 0.1) is 38.5 Å². The number of hydrogen-bond acceptors (Lipinski definition) is 8. The number of aromatic amines is 1. The van der Waals surface area contributed by atoms with Crippen molar-refractivity contribution in [1.82, 2.24) is 14.8 Å². The molecular weight excluding hydrogens is 490 g/mol. The Labute approximate surface area is 222 Å². The lowest BCUT2D eigenvalue weighted by molar-refractivity contribution is -0.140. The molecule has 1 atom stereocenters. The minimum atomic E-state index is -0.823. The van der Waals surface area contributed by atoms with Gasteiger partial charge in [-0.2, -0.15) is 0 Å². The average Bonchev–Trinajstić information content (AvgIpc) is 3.37. The van der Waals surface area contributed by atoms with Gasteiger partial charge in [0.2, 0.25) is 0 Å². The molecule has 0 radical (unpaired) electrons. The predicted octanol–water partition coefficient (Wildman–Crippen LogP) is 2.96. The second kappa shape index (κ2) is 11.8. The number of nitrogens with zero attached hydrogens (tertiary/aromatic N) is 2. The number of rotatable bonds is 9. The van der Waals surface area contributed by atoms with Crippen LogP contribution in [-0.2, 0) is 19.1 Å². The van der Waals surface area contributed by atoms with Crippen molar-refractivity contribution in [3.8, 4) is 5.75 Å². The molecule has 2 fully saturated rings. The largest absolute Gasteiger partial charge is 0.507 e. The number of aliphatic hydroxyl groups is 1. The Morgan fingerprint density at radius 3 is 2.61 bits per heavy atom. The van der Waals surface area contributed by atoms with E-state index in [1.165, 1.54) is 12.0 Å². The molecule has 3 heterocycles. The van der Waals surface area contributed by atoms with Crippen LogP contribution in [0.2, 0.25) is 0 Å². The van der Waals surface area contributed by atoms with Gasteiger partial charge in [-0.05, 0) is 43.5 Å². The summed E-state index contributed by atoms with van der Waals surface area (Å²) in [6.07, 6.45) is 0.830. The molecular formula is C28H35N3O7. The Morgan fingerprint density at radius 1 is 1.18 bits per heavy atom. The number of methoxy groups -OCH3 is 1. The Balaban J connectivity index is 1.80. The van der Waals surface area contributed by atoms with Gasteiger partial charge in [0, 0.05) is 37.4 Å². The summed E-state index contributed by atoms with van der Waals surface area (Å²) in [6.45, 7) is 9.47. The maximum absolute atomic E-state index is 13.5. The van der Waals surface area contributed by atoms with Crippen molar-refractivity contribution in [3.05, 3.63) is 57.9 Å². The van der Waals surface area contributed by atoms with Gasteiger partial charge in [-0.1, -0.05) is 19.1 Å². The molecule has 0 spiro atoms. The van der Waals surface area contributed by atoms with Gasteiger partial charge in [0.1, 0.15) is 17.2 Å². The van der Waals surface area contributed by atoms with E-state index in [1.54, 1.807) is 19.9 Å². The summed E-state index contributed by atoms with van der Waals surface area (Å²) in [4.78, 5) is 45.7. The van der Waals surface area contributed by atoms with Crippen molar-refractivity contribution in [1.29, 1.82) is 0 Å². The third kappa shape index (κ3) is 5.32. The number of ether oxygens (including phenoxy) is 3. The summed E-state index contributed by atoms with van der Waals surface area (Å²) in [7, 11) is 1.27. The fraction of sp³-hybridized carbons (Fsp3) is 0.464. The van der Waals surface area contributed by atoms with Crippen molar-refractivity contribution in [2.75, 3.05) is 53.1 Å². The quantitative estimate of drug-likeness (QED) is 0.222. The van der Waals surface area contributed by atoms with Crippen LogP contribution in [0.4, 0.5) is 0 Å². The van der Waals surface area contributed by atoms with E-state index in [-0.39, 0.29) is 17.0 Å². The maximum Gasteiger partial charge on any atom is 0.354 e. The van der Waals surface area contributed by atoms with Crippen molar-refractivity contribution >= 4 is 23.4 Å². The minimum absolute atomic E-state index is 0.0220. The van der Waals surface area contributed by atoms with Gasteiger partial charge in [-0.15, -0.1) is 0 Å². The highest BCUT2D eigenvalue weighted by atomic mass is 16.5. The highest BCUT2D eigenvalue weighted by Gasteiger charge is 2.46. The molecule has 2 aliphatic rings. The molecule has 1 unspecified atom stereocenters. The van der Waals surface area contributed by atoms with Crippen LogP contribution >= 0.6 is 0 Å². The maximum atomic E-state index is 13.5. The van der Waals surface area contributed by atoms with Crippen molar-refractivity contribution < 1.29 is 33.7 Å². The summed E-state index contributed by atoms with van der Waals surface area (Å²) < 4.78 is 16.1. The first-order valence-corrected chi connectivity index (χ1v) is 12.9. The normalized spacial score (nSPS) is 19.7. The van der Waals surface area contributed by atoms with Crippen molar-refractivity contribution in [3.63, 3.8) is 0 Å². The van der Waals surface area contributed by atoms with Crippen LogP contribution in [0.1, 0.15) is 52.3 Å². The molecule has 2 aliphatic heterocycles. The average molecular weight is 526 g/mol. The third-order valence-corrected chi connectivity index (χ3v) is 7.01. The van der Waals surface area contributed by atoms with Crippen LogP contribution in [0.15, 0.2) is 29.8 Å². The monoisotopic (exact) mass is 525 g/mol. The number of benzene rings is 1. The molecule has 0 aliphatic carbocycles. The van der Waals surface area contributed by atoms with Crippen LogP contribution in [0.5, 0.6) is 5.75 Å². The van der Waals surface area contributed by atoms with E-state index in [2.05, 4.69) is 9.88 Å². The number of morpholine rings is 1. The fourth-order valence-corrected chi connectivity index (χ4v) is 5.07. The van der Waals surface area contributed by atoms with E-state index in [4.69, 9.17) is 14.2 Å². The lowest BCUT2D eigenvalue weighted by Crippen LogP contribution is -2.42. The zero-order chi connectivity index (χ0) is 27.4. The number of ketones is 1. The first-order chi connectivity index (χ1) is 18.3. The molecule has 2 saturated heterocycles. The number of hydrogen-bond donors (Lipinski definition) is 2. The van der Waals surface area contributed by atoms with E-state index in [0.717, 1.165) is 19.5 Å². The summed E-state index contributed by atoms with van der Waals surface area (Å²) in [5.41, 5.74) is 2.04. The number of nitrogens with one attached hydrogen (secondary N) is 1. The third-order valence-electron chi connectivity index (χ3n) is 7.01. The molecule has 4 rings (SSSR count). The first kappa shape index (κ1) is 27.4. The molecule has 10 heteroatoms. The molecule has 1 amide bonds. The molecule has 2 N–H and O–H groups in total. The zero-order valence-corrected chi connectivity index (χ0v) is 22.3. The summed E-state index contributed by atoms with van der Waals surface area (Å²) in [6, 6.07) is 6.43. The number of aliphatic hydroxyl groups excluding tert-OH is 1. The predicted molar refractivity (Wildman–Crippen MR) is 140 cm³/mol. The van der Waals surface area contributed by atoms with Crippen LogP contribution in [0.25, 0.3) is 5.76 Å². The van der Waals surface area contributed by atoms with Crippen LogP contribution in [0.3, 0.4) is 0 Å². The number of carbonyl (C=O) groups excluding carboxylic acids is 3. The lowest BCUT2D eigenvalue weighted by Gasteiger charge is -2.31. The highest BCUT2D eigenvalue weighted by Crippen LogP contribution is 2.41. The van der Waals surface area contributed by atoms with Gasteiger partial charge in [-0.3, -0.25) is 14.5 Å². The Bertz CT molecular complexity index is 1240. The molecule has 38 heavy (non-hydrogen) atoms. The van der Waals surface area contributed by atoms with Gasteiger partial charge in [0.15, 0.2) is 0 Å². The minimum Gasteiger partial charge on any atom is -0.507 e. The van der Waals surface area contributed by atoms with Crippen LogP contribution < -0.4 is 4.74 Å². The number of likely N-dealkylation sites (tertiary alicyclic amines) is 1. The standard InChI is InChI=1S/C28H35N3O7/c1-5-13-38-20-8-6-7-19(16-20)24-22(25(32)21-17(2)23(28(35)36-4)29-18(21)3)26(33)27(34)31(24)10-9-30-11-14-37-15-12-30/h6-8,16,24,29,32H,5,9-15H2,1-4H3/b25-22+. The lowest BCUT2D eigenvalue weighted by atomic mass is 9.94. The van der Waals surface area contributed by atoms with Crippen molar-refractivity contribution in [2.24, 2.45) is 0 Å². The number of Topliss-reactive ketones (excluding diaryl/α,β-unsaturated/α-hetero) is 1. The highest BCUT2D eigenvalue weighted by molar-refractivity contribution is 6.46. The number of esters is 1. The van der Waals surface area contributed by atoms with Crippen LogP contribution in [0, 0.1) is 13.8 Å². The summed E-state index contributed by atoms with van der Waals surface area (Å²) in [5.74, 6) is -1.75. The fourth-order valence-electron chi connectivity index (χ4n) is 5.07. The topological polar surface area (TPSA) is 121 Å². The Kier molecular flexibility index (Phi) is 8.53. The molecule has 10 nitrogen and oxygen atoms in total. The smallest absolute Gasteiger partial charge is 0.354 e.